The van der Waals surface area contributed by atoms with Crippen LogP contribution in [0.4, 0.5) is 0 Å². The summed E-state index contributed by atoms with van der Waals surface area (Å²) in [7, 11) is 0. The molecule has 3 aromatic rings. The van der Waals surface area contributed by atoms with Crippen LogP contribution in [0, 0.1) is 0 Å². The van der Waals surface area contributed by atoms with Crippen LogP contribution in [0.25, 0.3) is 11.0 Å². The highest BCUT2D eigenvalue weighted by atomic mass is 16.5. The average Bonchev–Trinajstić information content (AvgIpc) is 3.26. The molecular formula is C24H29N3O2. The maximum atomic E-state index is 12.6. The number of amides is 1. The first-order chi connectivity index (χ1) is 13.9. The lowest BCUT2D eigenvalue weighted by Gasteiger charge is -2.32. The smallest absolute Gasteiger partial charge is 0.223 e. The highest BCUT2D eigenvalue weighted by molar-refractivity contribution is 5.81. The highest BCUT2D eigenvalue weighted by Crippen LogP contribution is 2.34. The number of carbonyl (C=O) groups excluding carboxylic acids is 1. The number of likely N-dealkylation sites (tertiary alicyclic amines) is 1. The van der Waals surface area contributed by atoms with E-state index in [2.05, 4.69) is 31.4 Å². The van der Waals surface area contributed by atoms with Crippen molar-refractivity contribution in [3.8, 4) is 5.75 Å². The van der Waals surface area contributed by atoms with Gasteiger partial charge in [0.25, 0.3) is 0 Å². The van der Waals surface area contributed by atoms with E-state index in [9.17, 15) is 4.79 Å². The second-order valence-corrected chi connectivity index (χ2v) is 8.70. The summed E-state index contributed by atoms with van der Waals surface area (Å²) in [5, 5.41) is 0. The van der Waals surface area contributed by atoms with Gasteiger partial charge in [0.2, 0.25) is 5.91 Å². The van der Waals surface area contributed by atoms with Crippen molar-refractivity contribution in [3.05, 3.63) is 60.4 Å². The molecule has 1 saturated heterocycles. The van der Waals surface area contributed by atoms with E-state index in [1.54, 1.807) is 0 Å². The van der Waals surface area contributed by atoms with Gasteiger partial charge in [-0.2, -0.15) is 0 Å². The molecule has 152 valence electrons. The molecule has 0 bridgehead atoms. The number of aryl methyl sites for hydroxylation is 1. The van der Waals surface area contributed by atoms with E-state index in [4.69, 9.17) is 9.72 Å². The standard InChI is InChI=1S/C24H29N3O2/c1-24(2,3)27-17-18(16-22(27)28)23-25-20-12-7-8-13-21(20)26(23)14-9-15-29-19-10-5-4-6-11-19/h4-8,10-13,18H,9,14-17H2,1-3H3. The first kappa shape index (κ1) is 19.5. The monoisotopic (exact) mass is 391 g/mol. The second-order valence-electron chi connectivity index (χ2n) is 8.70. The van der Waals surface area contributed by atoms with Gasteiger partial charge in [-0.05, 0) is 51.5 Å². The number of imidazole rings is 1. The molecule has 0 aliphatic carbocycles. The largest absolute Gasteiger partial charge is 0.494 e. The summed E-state index contributed by atoms with van der Waals surface area (Å²) in [5.41, 5.74) is 1.96. The van der Waals surface area contributed by atoms with Crippen LogP contribution in [-0.2, 0) is 11.3 Å². The predicted octanol–water partition coefficient (Wildman–Crippen LogP) is 4.62. The third kappa shape index (κ3) is 4.14. The molecule has 0 spiro atoms. The van der Waals surface area contributed by atoms with E-state index in [0.717, 1.165) is 42.1 Å². The molecule has 2 heterocycles. The van der Waals surface area contributed by atoms with Crippen molar-refractivity contribution in [2.75, 3.05) is 13.2 Å². The Balaban J connectivity index is 1.53. The summed E-state index contributed by atoms with van der Waals surface area (Å²) >= 11 is 0. The fraction of sp³-hybridized carbons (Fsp3) is 0.417. The first-order valence-corrected chi connectivity index (χ1v) is 10.4. The Hall–Kier alpha value is -2.82. The van der Waals surface area contributed by atoms with Gasteiger partial charge in [-0.25, -0.2) is 4.98 Å². The summed E-state index contributed by atoms with van der Waals surface area (Å²) in [5.74, 6) is 2.26. The molecule has 5 heteroatoms. The van der Waals surface area contributed by atoms with Gasteiger partial charge in [-0.1, -0.05) is 30.3 Å². The number of hydrogen-bond donors (Lipinski definition) is 0. The molecule has 1 aliphatic rings. The van der Waals surface area contributed by atoms with E-state index < -0.39 is 0 Å². The van der Waals surface area contributed by atoms with Gasteiger partial charge in [-0.15, -0.1) is 0 Å². The number of rotatable bonds is 6. The van der Waals surface area contributed by atoms with Crippen molar-refractivity contribution in [2.45, 2.75) is 51.6 Å². The van der Waals surface area contributed by atoms with Crippen LogP contribution in [0.15, 0.2) is 54.6 Å². The molecule has 1 atom stereocenters. The van der Waals surface area contributed by atoms with Crippen molar-refractivity contribution < 1.29 is 9.53 Å². The van der Waals surface area contributed by atoms with Crippen LogP contribution >= 0.6 is 0 Å². The molecule has 0 saturated carbocycles. The van der Waals surface area contributed by atoms with E-state index in [0.29, 0.717) is 13.0 Å². The molecule has 1 aliphatic heterocycles. The van der Waals surface area contributed by atoms with Crippen molar-refractivity contribution in [2.24, 2.45) is 0 Å². The van der Waals surface area contributed by atoms with Crippen LogP contribution in [0.3, 0.4) is 0 Å². The van der Waals surface area contributed by atoms with Crippen LogP contribution in [0.5, 0.6) is 5.75 Å². The summed E-state index contributed by atoms with van der Waals surface area (Å²) in [4.78, 5) is 19.5. The van der Waals surface area contributed by atoms with Gasteiger partial charge in [0.1, 0.15) is 11.6 Å². The van der Waals surface area contributed by atoms with Crippen molar-refractivity contribution in [1.29, 1.82) is 0 Å². The number of hydrogen-bond acceptors (Lipinski definition) is 3. The maximum absolute atomic E-state index is 12.6. The molecule has 29 heavy (non-hydrogen) atoms. The summed E-state index contributed by atoms with van der Waals surface area (Å²) < 4.78 is 8.15. The number of carbonyl (C=O) groups is 1. The number of fused-ring (bicyclic) bond motifs is 1. The zero-order chi connectivity index (χ0) is 20.4. The maximum Gasteiger partial charge on any atom is 0.223 e. The van der Waals surface area contributed by atoms with Crippen molar-refractivity contribution in [3.63, 3.8) is 0 Å². The van der Waals surface area contributed by atoms with Gasteiger partial charge in [-0.3, -0.25) is 4.79 Å². The van der Waals surface area contributed by atoms with Gasteiger partial charge < -0.3 is 14.2 Å². The van der Waals surface area contributed by atoms with Crippen LogP contribution in [0.1, 0.15) is 45.4 Å². The minimum Gasteiger partial charge on any atom is -0.494 e. The number of aromatic nitrogens is 2. The minimum absolute atomic E-state index is 0.129. The zero-order valence-electron chi connectivity index (χ0n) is 17.5. The van der Waals surface area contributed by atoms with E-state index >= 15 is 0 Å². The first-order valence-electron chi connectivity index (χ1n) is 10.4. The van der Waals surface area contributed by atoms with E-state index in [1.165, 1.54) is 0 Å². The van der Waals surface area contributed by atoms with E-state index in [1.807, 2.05) is 53.4 Å². The molecule has 0 N–H and O–H groups in total. The minimum atomic E-state index is -0.161. The Kier molecular flexibility index (Phi) is 5.31. The lowest BCUT2D eigenvalue weighted by atomic mass is 10.1. The van der Waals surface area contributed by atoms with Gasteiger partial charge in [0, 0.05) is 31.0 Å². The number of benzene rings is 2. The molecule has 1 aromatic heterocycles. The Morgan fingerprint density at radius 1 is 1.07 bits per heavy atom. The lowest BCUT2D eigenvalue weighted by molar-refractivity contribution is -0.131. The predicted molar refractivity (Wildman–Crippen MR) is 115 cm³/mol. The Morgan fingerprint density at radius 3 is 2.52 bits per heavy atom. The molecule has 5 nitrogen and oxygen atoms in total. The van der Waals surface area contributed by atoms with E-state index in [-0.39, 0.29) is 17.4 Å². The topological polar surface area (TPSA) is 47.4 Å². The highest BCUT2D eigenvalue weighted by Gasteiger charge is 2.38. The molecule has 1 fully saturated rings. The number of ether oxygens (including phenoxy) is 1. The normalized spacial score (nSPS) is 17.3. The average molecular weight is 392 g/mol. The summed E-state index contributed by atoms with van der Waals surface area (Å²) in [6, 6.07) is 18.1. The third-order valence-electron chi connectivity index (χ3n) is 5.52. The van der Waals surface area contributed by atoms with Gasteiger partial charge in [0.05, 0.1) is 17.6 Å². The molecule has 4 rings (SSSR count). The number of para-hydroxylation sites is 3. The van der Waals surface area contributed by atoms with Crippen molar-refractivity contribution >= 4 is 16.9 Å². The summed E-state index contributed by atoms with van der Waals surface area (Å²) in [6.45, 7) is 8.48. The fourth-order valence-corrected chi connectivity index (χ4v) is 4.10. The van der Waals surface area contributed by atoms with Gasteiger partial charge in [0.15, 0.2) is 0 Å². The Morgan fingerprint density at radius 2 is 1.79 bits per heavy atom. The van der Waals surface area contributed by atoms with Crippen LogP contribution in [0.2, 0.25) is 0 Å². The Labute approximate surface area is 172 Å². The molecule has 0 radical (unpaired) electrons. The molecular weight excluding hydrogens is 362 g/mol. The fourth-order valence-electron chi connectivity index (χ4n) is 4.10. The lowest BCUT2D eigenvalue weighted by Crippen LogP contribution is -2.42. The third-order valence-corrected chi connectivity index (χ3v) is 5.52. The van der Waals surface area contributed by atoms with Crippen LogP contribution in [-0.4, -0.2) is 39.0 Å². The SMILES string of the molecule is CC(C)(C)N1CC(c2nc3ccccc3n2CCCOc2ccccc2)CC1=O. The quantitative estimate of drug-likeness (QED) is 0.576. The molecule has 2 aromatic carbocycles. The van der Waals surface area contributed by atoms with Gasteiger partial charge >= 0.3 is 0 Å². The molecule has 1 amide bonds. The summed E-state index contributed by atoms with van der Waals surface area (Å²) in [6.07, 6.45) is 1.41. The van der Waals surface area contributed by atoms with Crippen LogP contribution < -0.4 is 4.74 Å². The molecule has 1 unspecified atom stereocenters. The second kappa shape index (κ2) is 7.90. The Bertz CT molecular complexity index is 988. The van der Waals surface area contributed by atoms with Crippen molar-refractivity contribution in [1.82, 2.24) is 14.5 Å². The number of nitrogens with zero attached hydrogens (tertiary/aromatic N) is 3. The zero-order valence-corrected chi connectivity index (χ0v) is 17.5.